The van der Waals surface area contributed by atoms with Crippen LogP contribution < -0.4 is 0 Å². The summed E-state index contributed by atoms with van der Waals surface area (Å²) in [6.07, 6.45) is 0.268. The first-order valence-electron chi connectivity index (χ1n) is 3.44. The van der Waals surface area contributed by atoms with Crippen LogP contribution in [-0.4, -0.2) is 9.97 Å². The molecule has 0 N–H and O–H groups in total. The van der Waals surface area contributed by atoms with Gasteiger partial charge in [0.1, 0.15) is 5.82 Å². The lowest BCUT2D eigenvalue weighted by molar-refractivity contribution is 0.543. The van der Waals surface area contributed by atoms with Gasteiger partial charge in [-0.2, -0.15) is 4.39 Å². The maximum atomic E-state index is 13.1. The second-order valence-corrected chi connectivity index (χ2v) is 3.38. The number of hydrogen-bond acceptors (Lipinski definition) is 2. The Bertz CT molecular complexity index is 468. The van der Waals surface area contributed by atoms with E-state index in [9.17, 15) is 8.78 Å². The van der Waals surface area contributed by atoms with Crippen molar-refractivity contribution in [2.75, 3.05) is 0 Å². The molecular weight excluding hydrogens is 242 g/mol. The summed E-state index contributed by atoms with van der Waals surface area (Å²) in [6, 6.07) is 2.81. The SMILES string of the molecule is Fc1ncc2c(F)cc(Br)cc2n1. The van der Waals surface area contributed by atoms with Crippen molar-refractivity contribution in [1.82, 2.24) is 9.97 Å². The lowest BCUT2D eigenvalue weighted by Gasteiger charge is -1.98. The largest absolute Gasteiger partial charge is 0.309 e. The maximum absolute atomic E-state index is 13.1. The zero-order valence-corrected chi connectivity index (χ0v) is 7.85. The smallest absolute Gasteiger partial charge is 0.210 e. The molecule has 2 aromatic rings. The molecule has 0 aliphatic heterocycles. The molecule has 0 atom stereocenters. The van der Waals surface area contributed by atoms with E-state index in [0.717, 1.165) is 6.20 Å². The zero-order valence-electron chi connectivity index (χ0n) is 6.26. The van der Waals surface area contributed by atoms with Crippen LogP contribution >= 0.6 is 15.9 Å². The first-order chi connectivity index (χ1) is 6.16. The highest BCUT2D eigenvalue weighted by Gasteiger charge is 2.05. The summed E-state index contributed by atoms with van der Waals surface area (Å²) in [5, 5.41) is 0.213. The number of hydrogen-bond donors (Lipinski definition) is 0. The number of fused-ring (bicyclic) bond motifs is 1. The minimum absolute atomic E-state index is 0.213. The Morgan fingerprint density at radius 2 is 2.00 bits per heavy atom. The minimum Gasteiger partial charge on any atom is -0.210 e. The van der Waals surface area contributed by atoms with E-state index in [1.807, 2.05) is 0 Å². The van der Waals surface area contributed by atoms with Gasteiger partial charge in [0.15, 0.2) is 0 Å². The van der Waals surface area contributed by atoms with Crippen molar-refractivity contribution in [2.24, 2.45) is 0 Å². The lowest BCUT2D eigenvalue weighted by atomic mass is 10.2. The quantitative estimate of drug-likeness (QED) is 0.667. The van der Waals surface area contributed by atoms with Crippen molar-refractivity contribution < 1.29 is 8.78 Å². The number of nitrogens with zero attached hydrogens (tertiary/aromatic N) is 2. The molecule has 0 spiro atoms. The van der Waals surface area contributed by atoms with E-state index in [0.29, 0.717) is 4.47 Å². The van der Waals surface area contributed by atoms with Gasteiger partial charge in [0.25, 0.3) is 0 Å². The van der Waals surface area contributed by atoms with E-state index in [2.05, 4.69) is 25.9 Å². The Labute approximate surface area is 80.8 Å². The molecule has 1 heterocycles. The van der Waals surface area contributed by atoms with Gasteiger partial charge in [-0.15, -0.1) is 0 Å². The van der Waals surface area contributed by atoms with Crippen molar-refractivity contribution in [3.63, 3.8) is 0 Å². The predicted octanol–water partition coefficient (Wildman–Crippen LogP) is 2.67. The van der Waals surface area contributed by atoms with Gasteiger partial charge in [-0.1, -0.05) is 15.9 Å². The van der Waals surface area contributed by atoms with Crippen molar-refractivity contribution in [1.29, 1.82) is 0 Å². The summed E-state index contributed by atoms with van der Waals surface area (Å²) in [5.74, 6) is -0.468. The molecule has 5 heteroatoms. The van der Waals surface area contributed by atoms with E-state index < -0.39 is 11.9 Å². The average molecular weight is 245 g/mol. The normalized spacial score (nSPS) is 10.7. The fourth-order valence-corrected chi connectivity index (χ4v) is 1.46. The monoisotopic (exact) mass is 244 g/mol. The molecule has 0 radical (unpaired) electrons. The molecular formula is C8H3BrF2N2. The van der Waals surface area contributed by atoms with Gasteiger partial charge in [-0.3, -0.25) is 0 Å². The Morgan fingerprint density at radius 1 is 1.23 bits per heavy atom. The summed E-state index contributed by atoms with van der Waals surface area (Å²) in [4.78, 5) is 6.71. The Morgan fingerprint density at radius 3 is 2.77 bits per heavy atom. The number of rotatable bonds is 0. The molecule has 0 fully saturated rings. The van der Waals surface area contributed by atoms with Crippen LogP contribution in [0.3, 0.4) is 0 Å². The van der Waals surface area contributed by atoms with Crippen molar-refractivity contribution >= 4 is 26.8 Å². The van der Waals surface area contributed by atoms with Gasteiger partial charge >= 0.3 is 6.08 Å². The fraction of sp³-hybridized carbons (Fsp3) is 0. The Hall–Kier alpha value is -1.10. The van der Waals surface area contributed by atoms with Gasteiger partial charge in [0.2, 0.25) is 0 Å². The highest BCUT2D eigenvalue weighted by molar-refractivity contribution is 9.10. The van der Waals surface area contributed by atoms with E-state index in [1.54, 1.807) is 0 Å². The Balaban J connectivity index is 2.86. The lowest BCUT2D eigenvalue weighted by Crippen LogP contribution is -1.91. The third-order valence-corrected chi connectivity index (χ3v) is 2.04. The average Bonchev–Trinajstić information content (AvgIpc) is 2.02. The second-order valence-electron chi connectivity index (χ2n) is 2.46. The van der Waals surface area contributed by atoms with Gasteiger partial charge in [-0.25, -0.2) is 14.4 Å². The molecule has 0 aliphatic rings. The van der Waals surface area contributed by atoms with Gasteiger partial charge in [0.05, 0.1) is 10.9 Å². The van der Waals surface area contributed by atoms with Crippen LogP contribution in [0.25, 0.3) is 10.9 Å². The minimum atomic E-state index is -0.856. The fourth-order valence-electron chi connectivity index (χ4n) is 1.04. The van der Waals surface area contributed by atoms with Crippen LogP contribution in [0.5, 0.6) is 0 Å². The zero-order chi connectivity index (χ0) is 9.42. The third-order valence-electron chi connectivity index (χ3n) is 1.59. The molecule has 13 heavy (non-hydrogen) atoms. The first kappa shape index (κ1) is 8.50. The Kier molecular flexibility index (Phi) is 1.95. The van der Waals surface area contributed by atoms with Crippen LogP contribution in [-0.2, 0) is 0 Å². The molecule has 0 saturated heterocycles. The molecule has 0 bridgehead atoms. The van der Waals surface area contributed by atoms with Gasteiger partial charge < -0.3 is 0 Å². The molecule has 2 nitrogen and oxygen atoms in total. The van der Waals surface area contributed by atoms with Crippen molar-refractivity contribution in [3.8, 4) is 0 Å². The van der Waals surface area contributed by atoms with Gasteiger partial charge in [0, 0.05) is 10.7 Å². The van der Waals surface area contributed by atoms with E-state index in [-0.39, 0.29) is 10.9 Å². The first-order valence-corrected chi connectivity index (χ1v) is 4.23. The van der Waals surface area contributed by atoms with Crippen LogP contribution in [0.1, 0.15) is 0 Å². The summed E-state index contributed by atoms with van der Waals surface area (Å²) in [6.45, 7) is 0. The predicted molar refractivity (Wildman–Crippen MR) is 47.2 cm³/mol. The second kappa shape index (κ2) is 2.99. The van der Waals surface area contributed by atoms with Crippen LogP contribution in [0, 0.1) is 11.9 Å². The number of halogens is 3. The van der Waals surface area contributed by atoms with Crippen LogP contribution in [0.2, 0.25) is 0 Å². The standard InChI is InChI=1S/C8H3BrF2N2/c9-4-1-6(10)5-3-12-8(11)13-7(5)2-4/h1-3H. The molecule has 66 valence electrons. The summed E-state index contributed by atoms with van der Waals surface area (Å²) in [5.41, 5.74) is 0.249. The van der Waals surface area contributed by atoms with Crippen molar-refractivity contribution in [3.05, 3.63) is 34.7 Å². The number of benzene rings is 1. The number of aromatic nitrogens is 2. The molecule has 1 aromatic heterocycles. The molecule has 0 unspecified atom stereocenters. The van der Waals surface area contributed by atoms with Crippen LogP contribution in [0.15, 0.2) is 22.8 Å². The van der Waals surface area contributed by atoms with Crippen molar-refractivity contribution in [2.45, 2.75) is 0 Å². The summed E-state index contributed by atoms with van der Waals surface area (Å²) < 4.78 is 26.2. The van der Waals surface area contributed by atoms with E-state index in [4.69, 9.17) is 0 Å². The van der Waals surface area contributed by atoms with Gasteiger partial charge in [-0.05, 0) is 12.1 Å². The van der Waals surface area contributed by atoms with E-state index >= 15 is 0 Å². The topological polar surface area (TPSA) is 25.8 Å². The molecule has 0 saturated carbocycles. The highest BCUT2D eigenvalue weighted by Crippen LogP contribution is 2.20. The maximum Gasteiger partial charge on any atom is 0.309 e. The summed E-state index contributed by atoms with van der Waals surface area (Å²) in [7, 11) is 0. The molecule has 1 aromatic carbocycles. The van der Waals surface area contributed by atoms with E-state index in [1.165, 1.54) is 12.1 Å². The van der Waals surface area contributed by atoms with Crippen LogP contribution in [0.4, 0.5) is 8.78 Å². The molecule has 2 rings (SSSR count). The highest BCUT2D eigenvalue weighted by atomic mass is 79.9. The molecule has 0 amide bonds. The third kappa shape index (κ3) is 1.51. The summed E-state index contributed by atoms with van der Waals surface area (Å²) >= 11 is 3.08. The molecule has 0 aliphatic carbocycles.